The van der Waals surface area contributed by atoms with Gasteiger partial charge in [0.1, 0.15) is 0 Å². The molecule has 2 rings (SSSR count). The van der Waals surface area contributed by atoms with Crippen LogP contribution < -0.4 is 0 Å². The van der Waals surface area contributed by atoms with Crippen LogP contribution >= 0.6 is 0 Å². The van der Waals surface area contributed by atoms with Gasteiger partial charge in [-0.1, -0.05) is 33.3 Å². The van der Waals surface area contributed by atoms with Crippen molar-refractivity contribution < 1.29 is 13.5 Å². The van der Waals surface area contributed by atoms with E-state index in [1.807, 2.05) is 19.9 Å². The zero-order valence-corrected chi connectivity index (χ0v) is 17.1. The maximum absolute atomic E-state index is 13.5. The first-order valence-corrected chi connectivity index (χ1v) is 10.8. The molecular weight excluding hydrogens is 334 g/mol. The molecule has 0 amide bonds. The summed E-state index contributed by atoms with van der Waals surface area (Å²) in [6.45, 7) is 10.9. The molecule has 0 aliphatic carbocycles. The number of sulfonamides is 1. The van der Waals surface area contributed by atoms with Gasteiger partial charge in [-0.05, 0) is 67.7 Å². The summed E-state index contributed by atoms with van der Waals surface area (Å²) in [6, 6.07) is 3.98. The van der Waals surface area contributed by atoms with Crippen molar-refractivity contribution in [3.8, 4) is 0 Å². The molecule has 25 heavy (non-hydrogen) atoms. The second-order valence-corrected chi connectivity index (χ2v) is 10.2. The molecule has 1 aliphatic heterocycles. The molecule has 0 aromatic heterocycles. The normalized spacial score (nSPS) is 20.0. The van der Waals surface area contributed by atoms with Gasteiger partial charge in [-0.3, -0.25) is 0 Å². The maximum atomic E-state index is 13.5. The predicted molar refractivity (Wildman–Crippen MR) is 102 cm³/mol. The monoisotopic (exact) mass is 367 g/mol. The van der Waals surface area contributed by atoms with E-state index >= 15 is 0 Å². The van der Waals surface area contributed by atoms with Gasteiger partial charge in [0.15, 0.2) is 0 Å². The first kappa shape index (κ1) is 20.4. The second-order valence-electron chi connectivity index (χ2n) is 8.30. The number of aliphatic hydroxyl groups excluding tert-OH is 1. The van der Waals surface area contributed by atoms with E-state index in [0.29, 0.717) is 17.9 Å². The van der Waals surface area contributed by atoms with Crippen LogP contribution in [0.1, 0.15) is 69.6 Å². The summed E-state index contributed by atoms with van der Waals surface area (Å²) in [5.41, 5.74) is 2.83. The molecule has 0 spiro atoms. The quantitative estimate of drug-likeness (QED) is 0.858. The van der Waals surface area contributed by atoms with Gasteiger partial charge in [-0.2, -0.15) is 4.31 Å². The largest absolute Gasteiger partial charge is 0.396 e. The van der Waals surface area contributed by atoms with E-state index in [4.69, 9.17) is 5.11 Å². The number of aryl methyl sites for hydroxylation is 1. The van der Waals surface area contributed by atoms with E-state index in [9.17, 15) is 8.42 Å². The van der Waals surface area contributed by atoms with Crippen molar-refractivity contribution in [3.05, 3.63) is 28.8 Å². The summed E-state index contributed by atoms with van der Waals surface area (Å²) in [5, 5.41) is 9.14. The molecule has 142 valence electrons. The molecule has 1 heterocycles. The van der Waals surface area contributed by atoms with Crippen molar-refractivity contribution >= 4 is 10.0 Å². The number of aliphatic hydroxyl groups is 1. The fourth-order valence-corrected chi connectivity index (χ4v) is 5.61. The SMILES string of the molecule is Cc1cc(C(C)(C)C)cc(S(=O)(=O)N2CCCCC2CCCO)c1C. The molecule has 1 aromatic carbocycles. The van der Waals surface area contributed by atoms with Crippen LogP contribution in [-0.2, 0) is 15.4 Å². The topological polar surface area (TPSA) is 57.6 Å². The number of piperidine rings is 1. The third-order valence-corrected chi connectivity index (χ3v) is 7.42. The smallest absolute Gasteiger partial charge is 0.243 e. The summed E-state index contributed by atoms with van der Waals surface area (Å²) in [5.74, 6) is 0. The van der Waals surface area contributed by atoms with Crippen LogP contribution in [0.5, 0.6) is 0 Å². The van der Waals surface area contributed by atoms with Gasteiger partial charge >= 0.3 is 0 Å². The molecule has 1 unspecified atom stereocenters. The lowest BCUT2D eigenvalue weighted by molar-refractivity contribution is 0.213. The van der Waals surface area contributed by atoms with Crippen LogP contribution in [0.3, 0.4) is 0 Å². The highest BCUT2D eigenvalue weighted by atomic mass is 32.2. The average Bonchev–Trinajstić information content (AvgIpc) is 2.54. The number of rotatable bonds is 5. The molecular formula is C20H33NO3S. The van der Waals surface area contributed by atoms with Crippen molar-refractivity contribution in [1.82, 2.24) is 4.31 Å². The Kier molecular flexibility index (Phi) is 6.34. The van der Waals surface area contributed by atoms with Gasteiger partial charge in [0, 0.05) is 19.2 Å². The second kappa shape index (κ2) is 7.77. The molecule has 5 heteroatoms. The van der Waals surface area contributed by atoms with Gasteiger partial charge in [0.25, 0.3) is 0 Å². The Bertz CT molecular complexity index is 704. The van der Waals surface area contributed by atoms with Crippen LogP contribution in [0.2, 0.25) is 0 Å². The summed E-state index contributed by atoms with van der Waals surface area (Å²) >= 11 is 0. The number of nitrogens with zero attached hydrogens (tertiary/aromatic N) is 1. The summed E-state index contributed by atoms with van der Waals surface area (Å²) in [7, 11) is -3.53. The fourth-order valence-electron chi connectivity index (χ4n) is 3.56. The minimum absolute atomic E-state index is 0.00361. The highest BCUT2D eigenvalue weighted by Crippen LogP contribution is 2.33. The van der Waals surface area contributed by atoms with Crippen molar-refractivity contribution in [1.29, 1.82) is 0 Å². The van der Waals surface area contributed by atoms with Crippen LogP contribution in [0.15, 0.2) is 17.0 Å². The number of hydrogen-bond acceptors (Lipinski definition) is 3. The molecule has 1 atom stereocenters. The zero-order valence-electron chi connectivity index (χ0n) is 16.3. The molecule has 0 saturated carbocycles. The van der Waals surface area contributed by atoms with E-state index in [1.54, 1.807) is 4.31 Å². The summed E-state index contributed by atoms with van der Waals surface area (Å²) < 4.78 is 28.6. The van der Waals surface area contributed by atoms with E-state index in [2.05, 4.69) is 26.8 Å². The van der Waals surface area contributed by atoms with Crippen molar-refractivity contribution in [3.63, 3.8) is 0 Å². The Morgan fingerprint density at radius 1 is 1.20 bits per heavy atom. The number of benzene rings is 1. The lowest BCUT2D eigenvalue weighted by Gasteiger charge is -2.35. The van der Waals surface area contributed by atoms with Gasteiger partial charge in [-0.15, -0.1) is 0 Å². The van der Waals surface area contributed by atoms with Gasteiger partial charge in [0.2, 0.25) is 10.0 Å². The average molecular weight is 368 g/mol. The number of hydrogen-bond donors (Lipinski definition) is 1. The minimum atomic E-state index is -3.53. The summed E-state index contributed by atoms with van der Waals surface area (Å²) in [6.07, 6.45) is 4.23. The zero-order chi connectivity index (χ0) is 18.8. The molecule has 1 N–H and O–H groups in total. The van der Waals surface area contributed by atoms with Crippen molar-refractivity contribution in [2.75, 3.05) is 13.2 Å². The lowest BCUT2D eigenvalue weighted by Crippen LogP contribution is -2.44. The minimum Gasteiger partial charge on any atom is -0.396 e. The Morgan fingerprint density at radius 3 is 2.48 bits per heavy atom. The van der Waals surface area contributed by atoms with Gasteiger partial charge < -0.3 is 5.11 Å². The Balaban J connectivity index is 2.49. The lowest BCUT2D eigenvalue weighted by atomic mass is 9.85. The Labute approximate surface area is 153 Å². The van der Waals surface area contributed by atoms with Crippen LogP contribution in [0.25, 0.3) is 0 Å². The predicted octanol–water partition coefficient (Wildman–Crippen LogP) is 3.92. The van der Waals surface area contributed by atoms with Gasteiger partial charge in [-0.25, -0.2) is 8.42 Å². The fraction of sp³-hybridized carbons (Fsp3) is 0.700. The maximum Gasteiger partial charge on any atom is 0.243 e. The third kappa shape index (κ3) is 4.44. The molecule has 1 fully saturated rings. The standard InChI is InChI=1S/C20H33NO3S/c1-15-13-17(20(3,4)5)14-19(16(15)2)25(23,24)21-11-7-6-9-18(21)10-8-12-22/h13-14,18,22H,6-12H2,1-5H3. The first-order valence-electron chi connectivity index (χ1n) is 9.33. The van der Waals surface area contributed by atoms with Crippen LogP contribution in [0, 0.1) is 13.8 Å². The van der Waals surface area contributed by atoms with Crippen LogP contribution in [0.4, 0.5) is 0 Å². The molecule has 1 aromatic rings. The molecule has 0 radical (unpaired) electrons. The molecule has 1 aliphatic rings. The van der Waals surface area contributed by atoms with E-state index < -0.39 is 10.0 Å². The van der Waals surface area contributed by atoms with Crippen molar-refractivity contribution in [2.24, 2.45) is 0 Å². The third-order valence-electron chi connectivity index (χ3n) is 5.34. The Hall–Kier alpha value is -0.910. The van der Waals surface area contributed by atoms with Crippen LogP contribution in [-0.4, -0.2) is 37.0 Å². The highest BCUT2D eigenvalue weighted by Gasteiger charge is 2.35. The first-order chi connectivity index (χ1) is 11.6. The molecule has 4 nitrogen and oxygen atoms in total. The highest BCUT2D eigenvalue weighted by molar-refractivity contribution is 7.89. The van der Waals surface area contributed by atoms with Gasteiger partial charge in [0.05, 0.1) is 4.90 Å². The van der Waals surface area contributed by atoms with E-state index in [-0.39, 0.29) is 18.1 Å². The molecule has 0 bridgehead atoms. The van der Waals surface area contributed by atoms with E-state index in [0.717, 1.165) is 42.4 Å². The van der Waals surface area contributed by atoms with E-state index in [1.165, 1.54) is 0 Å². The summed E-state index contributed by atoms with van der Waals surface area (Å²) in [4.78, 5) is 0.452. The Morgan fingerprint density at radius 2 is 1.88 bits per heavy atom. The van der Waals surface area contributed by atoms with Crippen molar-refractivity contribution in [2.45, 2.75) is 83.1 Å². The molecule has 1 saturated heterocycles.